The molecule has 0 aromatic heterocycles. The van der Waals surface area contributed by atoms with Crippen LogP contribution in [0, 0.1) is 0 Å². The zero-order valence-corrected chi connectivity index (χ0v) is 12.2. The van der Waals surface area contributed by atoms with Gasteiger partial charge < -0.3 is 9.47 Å². The van der Waals surface area contributed by atoms with Crippen LogP contribution in [0.2, 0.25) is 0 Å². The lowest BCUT2D eigenvalue weighted by Gasteiger charge is -2.33. The molecule has 0 N–H and O–H groups in total. The smallest absolute Gasteiger partial charge is 0.416 e. The van der Waals surface area contributed by atoms with Gasteiger partial charge in [0.25, 0.3) is 0 Å². The van der Waals surface area contributed by atoms with Crippen LogP contribution in [0.15, 0.2) is 30.3 Å². The first kappa shape index (κ1) is 14.6. The van der Waals surface area contributed by atoms with E-state index in [0.717, 1.165) is 17.7 Å². The molecule has 1 atom stereocenters. The summed E-state index contributed by atoms with van der Waals surface area (Å²) in [5.41, 5.74) is 1.81. The summed E-state index contributed by atoms with van der Waals surface area (Å²) in [4.78, 5) is 13.9. The molecular weight excluding hydrogens is 254 g/mol. The van der Waals surface area contributed by atoms with Crippen LogP contribution < -0.4 is 4.90 Å². The van der Waals surface area contributed by atoms with E-state index >= 15 is 0 Å². The van der Waals surface area contributed by atoms with Gasteiger partial charge in [0.15, 0.2) is 6.23 Å². The fraction of sp³-hybridized carbons (Fsp3) is 0.438. The molecule has 0 fully saturated rings. The Kier molecular flexibility index (Phi) is 4.79. The third-order valence-corrected chi connectivity index (χ3v) is 2.92. The number of fused-ring (bicyclic) bond motifs is 1. The highest BCUT2D eigenvalue weighted by atomic mass is 16.6. The number of amides is 1. The average molecular weight is 275 g/mol. The first-order valence-corrected chi connectivity index (χ1v) is 7.02. The van der Waals surface area contributed by atoms with Crippen molar-refractivity contribution in [1.29, 1.82) is 0 Å². The number of carbonyl (C=O) groups is 1. The molecule has 108 valence electrons. The number of hydrogen-bond acceptors (Lipinski definition) is 3. The van der Waals surface area contributed by atoms with Crippen molar-refractivity contribution in [1.82, 2.24) is 0 Å². The molecule has 1 unspecified atom stereocenters. The molecule has 0 aliphatic carbocycles. The molecule has 1 aromatic rings. The van der Waals surface area contributed by atoms with Crippen molar-refractivity contribution in [3.8, 4) is 0 Å². The van der Waals surface area contributed by atoms with Gasteiger partial charge in [-0.3, -0.25) is 0 Å². The van der Waals surface area contributed by atoms with Gasteiger partial charge in [-0.05, 0) is 38.0 Å². The molecule has 1 aliphatic rings. The van der Waals surface area contributed by atoms with Crippen LogP contribution in [0.5, 0.6) is 0 Å². The predicted octanol–water partition coefficient (Wildman–Crippen LogP) is 3.82. The van der Waals surface area contributed by atoms with Gasteiger partial charge in [-0.25, -0.2) is 9.69 Å². The first-order valence-electron chi connectivity index (χ1n) is 7.02. The van der Waals surface area contributed by atoms with Gasteiger partial charge in [0, 0.05) is 6.61 Å². The maximum Gasteiger partial charge on any atom is 0.416 e. The fourth-order valence-corrected chi connectivity index (χ4v) is 2.09. The molecule has 20 heavy (non-hydrogen) atoms. The van der Waals surface area contributed by atoms with Gasteiger partial charge in [0.2, 0.25) is 0 Å². The van der Waals surface area contributed by atoms with Crippen LogP contribution in [-0.2, 0) is 9.47 Å². The minimum absolute atomic E-state index is 0.160. The third-order valence-electron chi connectivity index (χ3n) is 2.92. The van der Waals surface area contributed by atoms with Crippen molar-refractivity contribution in [2.45, 2.75) is 39.5 Å². The van der Waals surface area contributed by atoms with E-state index in [1.165, 1.54) is 0 Å². The summed E-state index contributed by atoms with van der Waals surface area (Å²) in [7, 11) is 0. The molecule has 2 rings (SSSR count). The number of anilines is 1. The van der Waals surface area contributed by atoms with Crippen LogP contribution in [0.3, 0.4) is 0 Å². The number of carbonyl (C=O) groups excluding carboxylic acids is 1. The number of benzene rings is 1. The number of rotatable bonds is 4. The van der Waals surface area contributed by atoms with Gasteiger partial charge >= 0.3 is 6.09 Å². The van der Waals surface area contributed by atoms with Crippen LogP contribution in [0.25, 0.3) is 6.08 Å². The Labute approximate surface area is 120 Å². The molecule has 0 bridgehead atoms. The second-order valence-corrected chi connectivity index (χ2v) is 4.98. The maximum atomic E-state index is 12.3. The van der Waals surface area contributed by atoms with E-state index < -0.39 is 6.23 Å². The lowest BCUT2D eigenvalue weighted by atomic mass is 10.1. The van der Waals surface area contributed by atoms with Crippen molar-refractivity contribution in [3.63, 3.8) is 0 Å². The summed E-state index contributed by atoms with van der Waals surface area (Å²) < 4.78 is 11.1. The minimum Gasteiger partial charge on any atom is -0.446 e. The summed E-state index contributed by atoms with van der Waals surface area (Å²) in [6.07, 6.45) is 3.83. The lowest BCUT2D eigenvalue weighted by molar-refractivity contribution is 0.0667. The van der Waals surface area contributed by atoms with E-state index in [1.54, 1.807) is 4.90 Å². The van der Waals surface area contributed by atoms with Gasteiger partial charge in [0.1, 0.15) is 0 Å². The third kappa shape index (κ3) is 3.20. The van der Waals surface area contributed by atoms with Crippen LogP contribution in [0.4, 0.5) is 10.5 Å². The van der Waals surface area contributed by atoms with E-state index in [0.29, 0.717) is 6.61 Å². The molecular formula is C16H21NO3. The SMILES string of the molecule is CCCOC1C=Cc2ccccc2N1C(=O)OC(C)C. The molecule has 0 spiro atoms. The lowest BCUT2D eigenvalue weighted by Crippen LogP contribution is -2.44. The molecule has 1 heterocycles. The fourth-order valence-electron chi connectivity index (χ4n) is 2.09. The Morgan fingerprint density at radius 3 is 2.80 bits per heavy atom. The topological polar surface area (TPSA) is 38.8 Å². The number of ether oxygens (including phenoxy) is 2. The van der Waals surface area contributed by atoms with E-state index in [-0.39, 0.29) is 12.2 Å². The summed E-state index contributed by atoms with van der Waals surface area (Å²) >= 11 is 0. The standard InChI is InChI=1S/C16H21NO3/c1-4-11-19-15-10-9-13-7-5-6-8-14(13)17(15)16(18)20-12(2)3/h5-10,12,15H,4,11H2,1-3H3. The summed E-state index contributed by atoms with van der Waals surface area (Å²) in [6.45, 7) is 6.32. The second-order valence-electron chi connectivity index (χ2n) is 4.98. The summed E-state index contributed by atoms with van der Waals surface area (Å²) in [5, 5.41) is 0. The number of hydrogen-bond donors (Lipinski definition) is 0. The molecule has 0 saturated heterocycles. The number of nitrogens with zero attached hydrogens (tertiary/aromatic N) is 1. The highest BCUT2D eigenvalue weighted by Crippen LogP contribution is 2.30. The van der Waals surface area contributed by atoms with Crippen LogP contribution in [0.1, 0.15) is 32.8 Å². The molecule has 1 aliphatic heterocycles. The average Bonchev–Trinajstić information content (AvgIpc) is 2.43. The van der Waals surface area contributed by atoms with Crippen molar-refractivity contribution >= 4 is 17.9 Å². The van der Waals surface area contributed by atoms with E-state index in [1.807, 2.05) is 57.2 Å². The molecule has 4 heteroatoms. The molecule has 1 aromatic carbocycles. The maximum absolute atomic E-state index is 12.3. The van der Waals surface area contributed by atoms with Crippen molar-refractivity contribution in [2.75, 3.05) is 11.5 Å². The zero-order chi connectivity index (χ0) is 14.5. The highest BCUT2D eigenvalue weighted by Gasteiger charge is 2.30. The zero-order valence-electron chi connectivity index (χ0n) is 12.2. The van der Waals surface area contributed by atoms with E-state index in [2.05, 4.69) is 0 Å². The largest absolute Gasteiger partial charge is 0.446 e. The van der Waals surface area contributed by atoms with E-state index in [9.17, 15) is 4.79 Å². The quantitative estimate of drug-likeness (QED) is 0.838. The first-order chi connectivity index (χ1) is 9.63. The highest BCUT2D eigenvalue weighted by molar-refractivity contribution is 5.93. The monoisotopic (exact) mass is 275 g/mol. The molecule has 0 saturated carbocycles. The Bertz CT molecular complexity index is 496. The predicted molar refractivity (Wildman–Crippen MR) is 79.6 cm³/mol. The summed E-state index contributed by atoms with van der Waals surface area (Å²) in [5.74, 6) is 0. The van der Waals surface area contributed by atoms with Crippen LogP contribution >= 0.6 is 0 Å². The van der Waals surface area contributed by atoms with Gasteiger partial charge in [-0.1, -0.05) is 31.2 Å². The second kappa shape index (κ2) is 6.57. The van der Waals surface area contributed by atoms with Gasteiger partial charge in [0.05, 0.1) is 11.8 Å². The van der Waals surface area contributed by atoms with E-state index in [4.69, 9.17) is 9.47 Å². The van der Waals surface area contributed by atoms with Crippen molar-refractivity contribution in [3.05, 3.63) is 35.9 Å². The summed E-state index contributed by atoms with van der Waals surface area (Å²) in [6, 6.07) is 7.73. The molecule has 1 amide bonds. The van der Waals surface area contributed by atoms with Gasteiger partial charge in [-0.15, -0.1) is 0 Å². The Hall–Kier alpha value is -1.81. The Morgan fingerprint density at radius 2 is 2.10 bits per heavy atom. The van der Waals surface area contributed by atoms with Crippen molar-refractivity contribution in [2.24, 2.45) is 0 Å². The van der Waals surface area contributed by atoms with Gasteiger partial charge in [-0.2, -0.15) is 0 Å². The Balaban J connectivity index is 2.29. The molecule has 0 radical (unpaired) electrons. The van der Waals surface area contributed by atoms with Crippen molar-refractivity contribution < 1.29 is 14.3 Å². The van der Waals surface area contributed by atoms with Crippen LogP contribution in [-0.4, -0.2) is 25.0 Å². The molecule has 4 nitrogen and oxygen atoms in total. The minimum atomic E-state index is -0.406. The normalized spacial score (nSPS) is 17.2. The number of para-hydroxylation sites is 1. The Morgan fingerprint density at radius 1 is 1.35 bits per heavy atom.